The van der Waals surface area contributed by atoms with Gasteiger partial charge in [0.05, 0.1) is 12.6 Å². The Morgan fingerprint density at radius 2 is 1.86 bits per heavy atom. The molecule has 4 nitrogen and oxygen atoms in total. The second-order valence-electron chi connectivity index (χ2n) is 7.35. The van der Waals surface area contributed by atoms with Crippen LogP contribution in [0.3, 0.4) is 0 Å². The number of benzene rings is 2. The quantitative estimate of drug-likeness (QED) is 0.635. The summed E-state index contributed by atoms with van der Waals surface area (Å²) in [5.74, 6) is 0.995. The van der Waals surface area contributed by atoms with E-state index in [4.69, 9.17) is 4.74 Å². The van der Waals surface area contributed by atoms with Gasteiger partial charge in [-0.15, -0.1) is 6.58 Å². The van der Waals surface area contributed by atoms with Crippen molar-refractivity contribution < 1.29 is 14.6 Å². The molecule has 2 aromatic carbocycles. The predicted molar refractivity (Wildman–Crippen MR) is 111 cm³/mol. The number of likely N-dealkylation sites (tertiary alicyclic amines) is 1. The number of ether oxygens (including phenoxy) is 1. The molecule has 0 radical (unpaired) electrons. The van der Waals surface area contributed by atoms with Crippen molar-refractivity contribution in [3.05, 3.63) is 78.4 Å². The fourth-order valence-corrected chi connectivity index (χ4v) is 3.78. The Kier molecular flexibility index (Phi) is 7.26. The molecule has 1 saturated heterocycles. The van der Waals surface area contributed by atoms with E-state index in [0.29, 0.717) is 19.6 Å². The van der Waals surface area contributed by atoms with Crippen molar-refractivity contribution in [2.45, 2.75) is 38.3 Å². The molecular formula is C24H29NO3. The summed E-state index contributed by atoms with van der Waals surface area (Å²) in [5, 5.41) is 9.59. The predicted octanol–water partition coefficient (Wildman–Crippen LogP) is 3.98. The Morgan fingerprint density at radius 1 is 1.11 bits per heavy atom. The van der Waals surface area contributed by atoms with Crippen molar-refractivity contribution in [1.82, 2.24) is 4.90 Å². The molecule has 1 heterocycles. The first kappa shape index (κ1) is 20.2. The minimum Gasteiger partial charge on any atom is -0.489 e. The van der Waals surface area contributed by atoms with Gasteiger partial charge in [-0.05, 0) is 48.9 Å². The van der Waals surface area contributed by atoms with Crippen LogP contribution in [0.1, 0.15) is 30.4 Å². The van der Waals surface area contributed by atoms with Gasteiger partial charge in [0.1, 0.15) is 12.4 Å². The van der Waals surface area contributed by atoms with Crippen molar-refractivity contribution in [3.8, 4) is 5.75 Å². The highest BCUT2D eigenvalue weighted by molar-refractivity contribution is 5.81. The van der Waals surface area contributed by atoms with Crippen LogP contribution in [0, 0.1) is 5.92 Å². The van der Waals surface area contributed by atoms with Gasteiger partial charge in [-0.25, -0.2) is 0 Å². The van der Waals surface area contributed by atoms with E-state index in [2.05, 4.69) is 18.7 Å². The molecule has 1 aliphatic heterocycles. The number of nitrogens with zero attached hydrogens (tertiary/aromatic N) is 1. The molecule has 0 spiro atoms. The van der Waals surface area contributed by atoms with Gasteiger partial charge in [0.2, 0.25) is 5.91 Å². The van der Waals surface area contributed by atoms with E-state index in [0.717, 1.165) is 30.6 Å². The zero-order valence-corrected chi connectivity index (χ0v) is 16.3. The van der Waals surface area contributed by atoms with E-state index in [9.17, 15) is 9.90 Å². The number of aliphatic hydroxyl groups is 1. The van der Waals surface area contributed by atoms with Crippen LogP contribution in [-0.4, -0.2) is 35.1 Å². The molecule has 2 aromatic rings. The fourth-order valence-electron chi connectivity index (χ4n) is 3.78. The molecule has 2 atom stereocenters. The van der Waals surface area contributed by atoms with E-state index in [1.807, 2.05) is 47.4 Å². The Morgan fingerprint density at radius 3 is 2.54 bits per heavy atom. The molecule has 0 bridgehead atoms. The smallest absolute Gasteiger partial charge is 0.226 e. The zero-order chi connectivity index (χ0) is 19.8. The fraction of sp³-hybridized carbons (Fsp3) is 0.375. The lowest BCUT2D eigenvalue weighted by atomic mass is 10.0. The third-order valence-corrected chi connectivity index (χ3v) is 5.33. The number of carbonyl (C=O) groups is 1. The molecule has 1 fully saturated rings. The molecular weight excluding hydrogens is 350 g/mol. The molecule has 0 aromatic heterocycles. The molecule has 1 aliphatic rings. The van der Waals surface area contributed by atoms with Gasteiger partial charge in [-0.1, -0.05) is 48.5 Å². The van der Waals surface area contributed by atoms with E-state index < -0.39 is 0 Å². The highest BCUT2D eigenvalue weighted by Crippen LogP contribution is 2.27. The lowest BCUT2D eigenvalue weighted by Crippen LogP contribution is -2.36. The maximum Gasteiger partial charge on any atom is 0.226 e. The van der Waals surface area contributed by atoms with Gasteiger partial charge in [0.25, 0.3) is 0 Å². The number of amides is 1. The first-order valence-electron chi connectivity index (χ1n) is 9.99. The lowest BCUT2D eigenvalue weighted by molar-refractivity contribution is -0.132. The second kappa shape index (κ2) is 10.1. The van der Waals surface area contributed by atoms with Crippen molar-refractivity contribution in [2.24, 2.45) is 5.92 Å². The van der Waals surface area contributed by atoms with Crippen molar-refractivity contribution in [1.29, 1.82) is 0 Å². The summed E-state index contributed by atoms with van der Waals surface area (Å²) in [6.45, 7) is 5.01. The highest BCUT2D eigenvalue weighted by atomic mass is 16.5. The van der Waals surface area contributed by atoms with E-state index in [1.54, 1.807) is 6.08 Å². The zero-order valence-electron chi connectivity index (χ0n) is 16.3. The van der Waals surface area contributed by atoms with Gasteiger partial charge < -0.3 is 14.7 Å². The van der Waals surface area contributed by atoms with Crippen LogP contribution in [0.15, 0.2) is 67.3 Å². The third-order valence-electron chi connectivity index (χ3n) is 5.33. The number of hydrogen-bond donors (Lipinski definition) is 1. The van der Waals surface area contributed by atoms with Gasteiger partial charge in [0, 0.05) is 12.5 Å². The first-order valence-corrected chi connectivity index (χ1v) is 9.99. The van der Waals surface area contributed by atoms with E-state index >= 15 is 0 Å². The number of rotatable bonds is 10. The van der Waals surface area contributed by atoms with Crippen molar-refractivity contribution >= 4 is 5.91 Å². The molecule has 0 saturated carbocycles. The minimum atomic E-state index is -0.0498. The average Bonchev–Trinajstić information content (AvgIpc) is 3.03. The third kappa shape index (κ3) is 5.23. The number of aryl methyl sites for hydroxylation is 1. The molecule has 0 unspecified atom stereocenters. The van der Waals surface area contributed by atoms with E-state index in [-0.39, 0.29) is 24.5 Å². The number of carbonyl (C=O) groups excluding carboxylic acids is 1. The summed E-state index contributed by atoms with van der Waals surface area (Å²) in [5.41, 5.74) is 2.37. The Labute approximate surface area is 167 Å². The molecule has 3 rings (SSSR count). The van der Waals surface area contributed by atoms with Crippen LogP contribution in [0.2, 0.25) is 0 Å². The number of aliphatic hydroxyl groups excluding tert-OH is 1. The maximum absolute atomic E-state index is 12.5. The molecule has 0 aliphatic carbocycles. The van der Waals surface area contributed by atoms with Crippen molar-refractivity contribution in [2.75, 3.05) is 13.2 Å². The van der Waals surface area contributed by atoms with Crippen molar-refractivity contribution in [3.63, 3.8) is 0 Å². The Bertz CT molecular complexity index is 757. The lowest BCUT2D eigenvalue weighted by Gasteiger charge is -2.23. The summed E-state index contributed by atoms with van der Waals surface area (Å²) < 4.78 is 5.82. The SMILES string of the molecule is C=CC[C@@H]1C[C@@H](CO)N(CCCc2ccc(OCc3ccccc3)cc2)C1=O. The molecule has 28 heavy (non-hydrogen) atoms. The van der Waals surface area contributed by atoms with Crippen LogP contribution in [0.4, 0.5) is 0 Å². The average molecular weight is 380 g/mol. The normalized spacial score (nSPS) is 19.0. The summed E-state index contributed by atoms with van der Waals surface area (Å²) in [6.07, 6.45) is 4.99. The topological polar surface area (TPSA) is 49.8 Å². The van der Waals surface area contributed by atoms with Gasteiger partial charge in [-0.2, -0.15) is 0 Å². The summed E-state index contributed by atoms with van der Waals surface area (Å²) in [7, 11) is 0. The number of hydrogen-bond acceptors (Lipinski definition) is 3. The van der Waals surface area contributed by atoms with Crippen LogP contribution in [-0.2, 0) is 17.8 Å². The molecule has 4 heteroatoms. The monoisotopic (exact) mass is 379 g/mol. The first-order chi connectivity index (χ1) is 13.7. The van der Waals surface area contributed by atoms with Gasteiger partial charge >= 0.3 is 0 Å². The second-order valence-corrected chi connectivity index (χ2v) is 7.35. The van der Waals surface area contributed by atoms with Gasteiger partial charge in [0.15, 0.2) is 0 Å². The van der Waals surface area contributed by atoms with Crippen LogP contribution < -0.4 is 4.74 Å². The minimum absolute atomic E-state index is 0.0179. The largest absolute Gasteiger partial charge is 0.489 e. The summed E-state index contributed by atoms with van der Waals surface area (Å²) in [6, 6.07) is 18.2. The number of allylic oxidation sites excluding steroid dienone is 1. The Balaban J connectivity index is 1.45. The van der Waals surface area contributed by atoms with Crippen LogP contribution in [0.25, 0.3) is 0 Å². The molecule has 1 amide bonds. The summed E-state index contributed by atoms with van der Waals surface area (Å²) >= 11 is 0. The summed E-state index contributed by atoms with van der Waals surface area (Å²) in [4.78, 5) is 14.3. The van der Waals surface area contributed by atoms with Crippen LogP contribution in [0.5, 0.6) is 5.75 Å². The highest BCUT2D eigenvalue weighted by Gasteiger charge is 2.37. The standard InChI is InChI=1S/C24H29NO3/c1-2-7-21-16-22(17-26)25(24(21)27)15-6-10-19-11-13-23(14-12-19)28-18-20-8-4-3-5-9-20/h2-5,8-9,11-14,21-22,26H,1,6-7,10,15-18H2/t21-,22+/m1/s1. The van der Waals surface area contributed by atoms with Gasteiger partial charge in [-0.3, -0.25) is 4.79 Å². The maximum atomic E-state index is 12.5. The Hall–Kier alpha value is -2.59. The molecule has 148 valence electrons. The van der Waals surface area contributed by atoms with E-state index in [1.165, 1.54) is 5.56 Å². The van der Waals surface area contributed by atoms with Crippen LogP contribution >= 0.6 is 0 Å². The molecule has 1 N–H and O–H groups in total.